The minimum absolute atomic E-state index is 0.0385. The van der Waals surface area contributed by atoms with E-state index in [1.54, 1.807) is 18.2 Å². The zero-order chi connectivity index (χ0) is 16.2. The molecule has 1 amide bonds. The van der Waals surface area contributed by atoms with Crippen molar-refractivity contribution in [1.29, 1.82) is 0 Å². The van der Waals surface area contributed by atoms with Gasteiger partial charge >= 0.3 is 0 Å². The number of hydrogen-bond acceptors (Lipinski definition) is 4. The van der Waals surface area contributed by atoms with Gasteiger partial charge in [-0.2, -0.15) is 0 Å². The van der Waals surface area contributed by atoms with Gasteiger partial charge in [0.25, 0.3) is 5.91 Å². The van der Waals surface area contributed by atoms with E-state index >= 15 is 0 Å². The Morgan fingerprint density at radius 3 is 2.83 bits per heavy atom. The van der Waals surface area contributed by atoms with E-state index in [1.807, 2.05) is 18.2 Å². The number of hydrogen-bond donors (Lipinski definition) is 1. The summed E-state index contributed by atoms with van der Waals surface area (Å²) in [6.45, 7) is 0. The first kappa shape index (κ1) is 15.2. The summed E-state index contributed by atoms with van der Waals surface area (Å²) in [5, 5.41) is 5.99. The van der Waals surface area contributed by atoms with Crippen LogP contribution in [0.3, 0.4) is 0 Å². The summed E-state index contributed by atoms with van der Waals surface area (Å²) in [6, 6.07) is 13.0. The quantitative estimate of drug-likeness (QED) is 0.871. The highest BCUT2D eigenvalue weighted by Crippen LogP contribution is 2.33. The second kappa shape index (κ2) is 6.60. The number of benzene rings is 2. The summed E-state index contributed by atoms with van der Waals surface area (Å²) < 4.78 is 5.10. The van der Waals surface area contributed by atoms with Crippen molar-refractivity contribution in [3.63, 3.8) is 0 Å². The van der Waals surface area contributed by atoms with Crippen LogP contribution in [0, 0.1) is 4.91 Å². The molecule has 1 aliphatic rings. The van der Waals surface area contributed by atoms with Crippen LogP contribution in [0.1, 0.15) is 40.4 Å². The van der Waals surface area contributed by atoms with Gasteiger partial charge in [0, 0.05) is 0 Å². The smallest absolute Gasteiger partial charge is 0.254 e. The van der Waals surface area contributed by atoms with Gasteiger partial charge in [-0.1, -0.05) is 30.3 Å². The summed E-state index contributed by atoms with van der Waals surface area (Å²) in [4.78, 5) is 23.7. The molecule has 0 radical (unpaired) electrons. The fraction of sp³-hybridized carbons (Fsp3) is 0.278. The molecule has 1 atom stereocenters. The Balaban J connectivity index is 1.88. The Bertz CT molecular complexity index is 743. The van der Waals surface area contributed by atoms with E-state index in [2.05, 4.69) is 16.6 Å². The molecular formula is C18H18N2O3. The Kier molecular flexibility index (Phi) is 4.37. The van der Waals surface area contributed by atoms with Gasteiger partial charge < -0.3 is 10.1 Å². The summed E-state index contributed by atoms with van der Waals surface area (Å²) in [5.74, 6) is -0.00287. The van der Waals surface area contributed by atoms with Crippen LogP contribution < -0.4 is 10.1 Å². The van der Waals surface area contributed by atoms with Crippen molar-refractivity contribution in [1.82, 2.24) is 5.32 Å². The van der Waals surface area contributed by atoms with E-state index in [9.17, 15) is 9.70 Å². The fourth-order valence-corrected chi connectivity index (χ4v) is 3.10. The number of carbonyl (C=O) groups is 1. The number of amides is 1. The van der Waals surface area contributed by atoms with Gasteiger partial charge in [-0.15, -0.1) is 4.91 Å². The molecule has 23 heavy (non-hydrogen) atoms. The maximum atomic E-state index is 12.6. The molecule has 5 nitrogen and oxygen atoms in total. The van der Waals surface area contributed by atoms with Gasteiger partial charge in [0.15, 0.2) is 5.69 Å². The van der Waals surface area contributed by atoms with Gasteiger partial charge in [-0.05, 0) is 47.7 Å². The Morgan fingerprint density at radius 1 is 1.22 bits per heavy atom. The third-order valence-electron chi connectivity index (χ3n) is 4.23. The van der Waals surface area contributed by atoms with E-state index in [0.717, 1.165) is 24.8 Å². The van der Waals surface area contributed by atoms with Crippen LogP contribution in [0.4, 0.5) is 5.69 Å². The van der Waals surface area contributed by atoms with Crippen molar-refractivity contribution >= 4 is 11.6 Å². The number of aryl methyl sites for hydroxylation is 1. The van der Waals surface area contributed by atoms with E-state index in [4.69, 9.17) is 4.74 Å². The lowest BCUT2D eigenvalue weighted by Gasteiger charge is -2.26. The molecule has 0 saturated carbocycles. The highest BCUT2D eigenvalue weighted by Gasteiger charge is 2.24. The first-order valence-electron chi connectivity index (χ1n) is 7.63. The van der Waals surface area contributed by atoms with Crippen molar-refractivity contribution in [3.8, 4) is 5.75 Å². The Labute approximate surface area is 134 Å². The van der Waals surface area contributed by atoms with Crippen LogP contribution in [0.15, 0.2) is 47.6 Å². The third-order valence-corrected chi connectivity index (χ3v) is 4.23. The van der Waals surface area contributed by atoms with E-state index in [0.29, 0.717) is 5.75 Å². The number of ether oxygens (including phenoxy) is 1. The second-order valence-electron chi connectivity index (χ2n) is 5.56. The summed E-state index contributed by atoms with van der Waals surface area (Å²) in [5.41, 5.74) is 2.69. The van der Waals surface area contributed by atoms with Crippen LogP contribution in [0.5, 0.6) is 5.75 Å². The highest BCUT2D eigenvalue weighted by molar-refractivity contribution is 6.00. The molecule has 0 aromatic heterocycles. The SMILES string of the molecule is COc1cccc(C(=O)NC2CCCc3ccccc32)c1N=O. The monoisotopic (exact) mass is 310 g/mol. The number of carbonyl (C=O) groups excluding carboxylic acids is 1. The molecule has 0 bridgehead atoms. The van der Waals surface area contributed by atoms with Crippen LogP contribution in [0.2, 0.25) is 0 Å². The number of rotatable bonds is 4. The van der Waals surface area contributed by atoms with E-state index < -0.39 is 0 Å². The molecular weight excluding hydrogens is 292 g/mol. The summed E-state index contributed by atoms with van der Waals surface area (Å²) in [7, 11) is 1.45. The number of nitrogens with zero attached hydrogens (tertiary/aromatic N) is 1. The maximum absolute atomic E-state index is 12.6. The van der Waals surface area contributed by atoms with Crippen molar-refractivity contribution in [2.75, 3.05) is 7.11 Å². The van der Waals surface area contributed by atoms with E-state index in [-0.39, 0.29) is 23.2 Å². The van der Waals surface area contributed by atoms with Crippen LogP contribution in [-0.2, 0) is 6.42 Å². The minimum Gasteiger partial charge on any atom is -0.494 e. The average Bonchev–Trinajstić information content (AvgIpc) is 2.61. The first-order chi connectivity index (χ1) is 11.2. The first-order valence-corrected chi connectivity index (χ1v) is 7.63. The van der Waals surface area contributed by atoms with Gasteiger partial charge in [0.1, 0.15) is 5.75 Å². The van der Waals surface area contributed by atoms with Crippen molar-refractivity contribution < 1.29 is 9.53 Å². The van der Waals surface area contributed by atoms with Crippen molar-refractivity contribution in [3.05, 3.63) is 64.1 Å². The van der Waals surface area contributed by atoms with Gasteiger partial charge in [-0.25, -0.2) is 0 Å². The molecule has 0 fully saturated rings. The molecule has 2 aromatic rings. The Hall–Kier alpha value is -2.69. The minimum atomic E-state index is -0.305. The van der Waals surface area contributed by atoms with Gasteiger partial charge in [0.05, 0.1) is 18.7 Å². The zero-order valence-electron chi connectivity index (χ0n) is 12.9. The lowest BCUT2D eigenvalue weighted by molar-refractivity contribution is 0.0933. The van der Waals surface area contributed by atoms with Crippen LogP contribution in [0.25, 0.3) is 0 Å². The van der Waals surface area contributed by atoms with Crippen LogP contribution >= 0.6 is 0 Å². The number of nitroso groups, excluding NO2 is 1. The lowest BCUT2D eigenvalue weighted by Crippen LogP contribution is -2.31. The second-order valence-corrected chi connectivity index (χ2v) is 5.56. The number of methoxy groups -OCH3 is 1. The fourth-order valence-electron chi connectivity index (χ4n) is 3.10. The van der Waals surface area contributed by atoms with E-state index in [1.165, 1.54) is 12.7 Å². The molecule has 0 aliphatic heterocycles. The number of fused-ring (bicyclic) bond motifs is 1. The predicted molar refractivity (Wildman–Crippen MR) is 88.0 cm³/mol. The molecule has 0 saturated heterocycles. The maximum Gasteiger partial charge on any atom is 0.254 e. The predicted octanol–water partition coefficient (Wildman–Crippen LogP) is 3.90. The summed E-state index contributed by atoms with van der Waals surface area (Å²) >= 11 is 0. The highest BCUT2D eigenvalue weighted by atomic mass is 16.5. The topological polar surface area (TPSA) is 67.8 Å². The van der Waals surface area contributed by atoms with Crippen LogP contribution in [-0.4, -0.2) is 13.0 Å². The van der Waals surface area contributed by atoms with Crippen molar-refractivity contribution in [2.45, 2.75) is 25.3 Å². The molecule has 0 spiro atoms. The molecule has 1 N–H and O–H groups in total. The van der Waals surface area contributed by atoms with Gasteiger partial charge in [0.2, 0.25) is 0 Å². The Morgan fingerprint density at radius 2 is 2.04 bits per heavy atom. The van der Waals surface area contributed by atoms with Crippen molar-refractivity contribution in [2.24, 2.45) is 5.18 Å². The average molecular weight is 310 g/mol. The molecule has 118 valence electrons. The molecule has 1 unspecified atom stereocenters. The molecule has 0 heterocycles. The number of nitrogens with one attached hydrogen (secondary N) is 1. The molecule has 1 aliphatic carbocycles. The third kappa shape index (κ3) is 2.95. The molecule has 5 heteroatoms. The largest absolute Gasteiger partial charge is 0.494 e. The zero-order valence-corrected chi connectivity index (χ0v) is 12.9. The molecule has 2 aromatic carbocycles. The van der Waals surface area contributed by atoms with Gasteiger partial charge in [-0.3, -0.25) is 4.79 Å². The molecule has 3 rings (SSSR count). The summed E-state index contributed by atoms with van der Waals surface area (Å²) in [6.07, 6.45) is 2.94. The standard InChI is InChI=1S/C18H18N2O3/c1-23-16-11-5-9-14(17(16)20-22)18(21)19-15-10-4-7-12-6-2-3-8-13(12)15/h2-3,5-6,8-9,11,15H,4,7,10H2,1H3,(H,19,21). The normalized spacial score (nSPS) is 16.3. The lowest BCUT2D eigenvalue weighted by atomic mass is 9.87.